The smallest absolute Gasteiger partial charge is 0.0449 e. The van der Waals surface area contributed by atoms with Crippen LogP contribution in [0.25, 0.3) is 0 Å². The molecule has 4 rings (SSSR count). The van der Waals surface area contributed by atoms with Gasteiger partial charge in [-0.25, -0.2) is 0 Å². The Morgan fingerprint density at radius 3 is 1.33 bits per heavy atom. The van der Waals surface area contributed by atoms with Crippen LogP contribution in [0.15, 0.2) is 60.7 Å². The third-order valence-corrected chi connectivity index (χ3v) is 7.32. The minimum absolute atomic E-state index is 0.419. The van der Waals surface area contributed by atoms with E-state index in [1.165, 1.54) is 75.8 Å². The Hall–Kier alpha value is -1.72. The Balaban J connectivity index is 1.26. The molecule has 2 aliphatic heterocycles. The van der Waals surface area contributed by atoms with E-state index in [4.69, 9.17) is 0 Å². The van der Waals surface area contributed by atoms with Crippen molar-refractivity contribution in [2.45, 2.75) is 57.0 Å². The zero-order valence-electron chi connectivity index (χ0n) is 20.4. The number of likely N-dealkylation sites (tertiary alicyclic amines) is 2. The summed E-state index contributed by atoms with van der Waals surface area (Å²) in [6.45, 7) is 9.35. The summed E-state index contributed by atoms with van der Waals surface area (Å²) in [5.74, 6) is 0. The summed E-state index contributed by atoms with van der Waals surface area (Å²) in [6.07, 6.45) is 9.34. The number of rotatable bonds is 12. The van der Waals surface area contributed by atoms with Crippen molar-refractivity contribution in [3.05, 3.63) is 71.8 Å². The van der Waals surface area contributed by atoms with Gasteiger partial charge in [0.2, 0.25) is 0 Å². The second-order valence-corrected chi connectivity index (χ2v) is 9.91. The van der Waals surface area contributed by atoms with Crippen molar-refractivity contribution < 1.29 is 0 Å². The van der Waals surface area contributed by atoms with E-state index in [1.807, 2.05) is 0 Å². The molecule has 2 aromatic rings. The Kier molecular flexibility index (Phi) is 10.2. The average molecular weight is 449 g/mol. The summed E-state index contributed by atoms with van der Waals surface area (Å²) < 4.78 is 0. The maximum atomic E-state index is 3.89. The first-order valence-electron chi connectivity index (χ1n) is 13.4. The lowest BCUT2D eigenvalue weighted by Gasteiger charge is -2.32. The number of hydrogen-bond acceptors (Lipinski definition) is 4. The SMILES string of the molecule is c1ccc([C@@H](CN2CCCCC2)NCCCN[C@H](CN2CCCCC2)c2ccccc2)cc1. The van der Waals surface area contributed by atoms with Crippen LogP contribution in [0.3, 0.4) is 0 Å². The molecule has 2 heterocycles. The van der Waals surface area contributed by atoms with E-state index in [2.05, 4.69) is 81.1 Å². The third-order valence-electron chi connectivity index (χ3n) is 7.32. The summed E-state index contributed by atoms with van der Waals surface area (Å²) in [4.78, 5) is 5.30. The lowest BCUT2D eigenvalue weighted by atomic mass is 10.0. The number of nitrogens with zero attached hydrogens (tertiary/aromatic N) is 2. The van der Waals surface area contributed by atoms with E-state index in [1.54, 1.807) is 0 Å². The van der Waals surface area contributed by atoms with E-state index in [0.29, 0.717) is 12.1 Å². The molecule has 33 heavy (non-hydrogen) atoms. The van der Waals surface area contributed by atoms with Crippen LogP contribution in [-0.2, 0) is 0 Å². The first-order chi connectivity index (χ1) is 16.4. The molecule has 0 bridgehead atoms. The van der Waals surface area contributed by atoms with E-state index in [9.17, 15) is 0 Å². The molecule has 0 saturated carbocycles. The molecule has 2 fully saturated rings. The first-order valence-corrected chi connectivity index (χ1v) is 13.4. The highest BCUT2D eigenvalue weighted by Crippen LogP contribution is 2.19. The molecule has 2 aromatic carbocycles. The molecule has 2 aliphatic rings. The predicted octanol–water partition coefficient (Wildman–Crippen LogP) is 5.01. The molecular formula is C29H44N4. The Morgan fingerprint density at radius 2 is 0.939 bits per heavy atom. The fraction of sp³-hybridized carbons (Fsp3) is 0.586. The largest absolute Gasteiger partial charge is 0.309 e. The van der Waals surface area contributed by atoms with Gasteiger partial charge in [-0.15, -0.1) is 0 Å². The van der Waals surface area contributed by atoms with Crippen molar-refractivity contribution >= 4 is 0 Å². The highest BCUT2D eigenvalue weighted by atomic mass is 15.2. The molecule has 0 amide bonds. The van der Waals surface area contributed by atoms with E-state index in [-0.39, 0.29) is 0 Å². The summed E-state index contributed by atoms with van der Waals surface area (Å²) in [7, 11) is 0. The highest BCUT2D eigenvalue weighted by Gasteiger charge is 2.19. The summed E-state index contributed by atoms with van der Waals surface area (Å²) in [5, 5.41) is 7.77. The Labute approximate surface area is 201 Å². The van der Waals surface area contributed by atoms with Gasteiger partial charge in [-0.05, 0) is 82.5 Å². The lowest BCUT2D eigenvalue weighted by molar-refractivity contribution is 0.202. The normalized spacial score (nSPS) is 19.9. The van der Waals surface area contributed by atoms with Crippen LogP contribution in [0.4, 0.5) is 0 Å². The molecule has 0 radical (unpaired) electrons. The zero-order chi connectivity index (χ0) is 22.6. The fourth-order valence-corrected chi connectivity index (χ4v) is 5.39. The van der Waals surface area contributed by atoms with Crippen LogP contribution in [-0.4, -0.2) is 62.2 Å². The number of nitrogens with one attached hydrogen (secondary N) is 2. The second-order valence-electron chi connectivity index (χ2n) is 9.91. The molecule has 2 saturated heterocycles. The molecule has 0 spiro atoms. The molecule has 0 aromatic heterocycles. The van der Waals surface area contributed by atoms with Crippen LogP contribution < -0.4 is 10.6 Å². The monoisotopic (exact) mass is 448 g/mol. The molecule has 0 unspecified atom stereocenters. The van der Waals surface area contributed by atoms with Crippen LogP contribution in [0, 0.1) is 0 Å². The Bertz CT molecular complexity index is 688. The fourth-order valence-electron chi connectivity index (χ4n) is 5.39. The molecule has 0 aliphatic carbocycles. The van der Waals surface area contributed by atoms with Crippen molar-refractivity contribution in [3.63, 3.8) is 0 Å². The zero-order valence-corrected chi connectivity index (χ0v) is 20.4. The van der Waals surface area contributed by atoms with Gasteiger partial charge in [-0.1, -0.05) is 73.5 Å². The molecule has 2 atom stereocenters. The number of piperidine rings is 2. The molecule has 4 heteroatoms. The number of hydrogen-bond donors (Lipinski definition) is 2. The molecule has 4 nitrogen and oxygen atoms in total. The standard InChI is InChI=1S/C29H44N4/c1-5-14-26(15-6-1)28(24-32-20-9-3-10-21-32)30-18-13-19-31-29(27-16-7-2-8-17-27)25-33-22-11-4-12-23-33/h1-2,5-8,14-17,28-31H,3-4,9-13,18-25H2/t28-,29-/m1/s1. The van der Waals surface area contributed by atoms with E-state index < -0.39 is 0 Å². The van der Waals surface area contributed by atoms with Crippen molar-refractivity contribution in [1.29, 1.82) is 0 Å². The Morgan fingerprint density at radius 1 is 0.545 bits per heavy atom. The van der Waals surface area contributed by atoms with Crippen LogP contribution >= 0.6 is 0 Å². The quantitative estimate of drug-likeness (QED) is 0.447. The van der Waals surface area contributed by atoms with Gasteiger partial charge in [0.05, 0.1) is 0 Å². The lowest BCUT2D eigenvalue weighted by Crippen LogP contribution is -2.40. The summed E-state index contributed by atoms with van der Waals surface area (Å²) in [6, 6.07) is 22.9. The first kappa shape index (κ1) is 24.4. The van der Waals surface area contributed by atoms with Crippen LogP contribution in [0.2, 0.25) is 0 Å². The van der Waals surface area contributed by atoms with Gasteiger partial charge in [0.25, 0.3) is 0 Å². The predicted molar refractivity (Wildman–Crippen MR) is 140 cm³/mol. The van der Waals surface area contributed by atoms with E-state index >= 15 is 0 Å². The minimum Gasteiger partial charge on any atom is -0.309 e. The summed E-state index contributed by atoms with van der Waals surface area (Å²) in [5.41, 5.74) is 2.84. The van der Waals surface area contributed by atoms with Gasteiger partial charge >= 0.3 is 0 Å². The molecular weight excluding hydrogens is 404 g/mol. The summed E-state index contributed by atoms with van der Waals surface area (Å²) >= 11 is 0. The topological polar surface area (TPSA) is 30.5 Å². The van der Waals surface area contributed by atoms with Crippen molar-refractivity contribution in [2.75, 3.05) is 52.4 Å². The number of benzene rings is 2. The van der Waals surface area contributed by atoms with Gasteiger partial charge in [-0.3, -0.25) is 0 Å². The third kappa shape index (κ3) is 8.22. The highest BCUT2D eigenvalue weighted by molar-refractivity contribution is 5.20. The van der Waals surface area contributed by atoms with Gasteiger partial charge in [-0.2, -0.15) is 0 Å². The van der Waals surface area contributed by atoms with Crippen LogP contribution in [0.5, 0.6) is 0 Å². The van der Waals surface area contributed by atoms with Gasteiger partial charge < -0.3 is 20.4 Å². The van der Waals surface area contributed by atoms with Crippen molar-refractivity contribution in [2.24, 2.45) is 0 Å². The van der Waals surface area contributed by atoms with Crippen molar-refractivity contribution in [1.82, 2.24) is 20.4 Å². The maximum Gasteiger partial charge on any atom is 0.0449 e. The van der Waals surface area contributed by atoms with Crippen LogP contribution in [0.1, 0.15) is 68.2 Å². The molecule has 180 valence electrons. The van der Waals surface area contributed by atoms with Gasteiger partial charge in [0.15, 0.2) is 0 Å². The maximum absolute atomic E-state index is 3.89. The van der Waals surface area contributed by atoms with Gasteiger partial charge in [0.1, 0.15) is 0 Å². The second kappa shape index (κ2) is 13.9. The van der Waals surface area contributed by atoms with E-state index in [0.717, 1.165) is 32.6 Å². The molecule has 2 N–H and O–H groups in total. The average Bonchev–Trinajstić information content (AvgIpc) is 2.89. The van der Waals surface area contributed by atoms with Crippen molar-refractivity contribution in [3.8, 4) is 0 Å². The van der Waals surface area contributed by atoms with Gasteiger partial charge in [0, 0.05) is 25.2 Å². The minimum atomic E-state index is 0.419.